The first-order chi connectivity index (χ1) is 13.5. The Hall–Kier alpha value is -3.06. The van der Waals surface area contributed by atoms with Gasteiger partial charge in [0.1, 0.15) is 10.7 Å². The minimum atomic E-state index is -0.489. The van der Waals surface area contributed by atoms with Gasteiger partial charge in [-0.15, -0.1) is 0 Å². The van der Waals surface area contributed by atoms with Gasteiger partial charge in [-0.1, -0.05) is 23.5 Å². The molecule has 3 aromatic rings. The van der Waals surface area contributed by atoms with Crippen molar-refractivity contribution in [3.8, 4) is 0 Å². The van der Waals surface area contributed by atoms with Crippen LogP contribution in [-0.4, -0.2) is 16.8 Å². The molecule has 0 bridgehead atoms. The summed E-state index contributed by atoms with van der Waals surface area (Å²) in [4.78, 5) is 29.6. The lowest BCUT2D eigenvalue weighted by molar-refractivity contribution is 0.101. The predicted octanol–water partition coefficient (Wildman–Crippen LogP) is 4.58. The Kier molecular flexibility index (Phi) is 4.92. The number of carbonyl (C=O) groups excluding carboxylic acids is 2. The molecule has 28 heavy (non-hydrogen) atoms. The third-order valence-electron chi connectivity index (χ3n) is 4.67. The number of carbonyl (C=O) groups is 2. The van der Waals surface area contributed by atoms with Crippen LogP contribution in [0.5, 0.6) is 0 Å². The number of fused-ring (bicyclic) bond motifs is 1. The van der Waals surface area contributed by atoms with Crippen molar-refractivity contribution in [2.75, 3.05) is 10.6 Å². The Morgan fingerprint density at radius 3 is 2.68 bits per heavy atom. The summed E-state index contributed by atoms with van der Waals surface area (Å²) in [7, 11) is 0. The van der Waals surface area contributed by atoms with Gasteiger partial charge in [0, 0.05) is 11.3 Å². The van der Waals surface area contributed by atoms with Crippen LogP contribution in [0.3, 0.4) is 0 Å². The molecule has 1 aromatic heterocycles. The van der Waals surface area contributed by atoms with Crippen LogP contribution in [0.4, 0.5) is 15.2 Å². The van der Waals surface area contributed by atoms with E-state index in [4.69, 9.17) is 0 Å². The first kappa shape index (κ1) is 18.3. The van der Waals surface area contributed by atoms with Gasteiger partial charge < -0.3 is 5.32 Å². The highest BCUT2D eigenvalue weighted by Gasteiger charge is 2.18. The highest BCUT2D eigenvalue weighted by molar-refractivity contribution is 7.17. The molecule has 0 atom stereocenters. The monoisotopic (exact) mass is 395 g/mol. The van der Waals surface area contributed by atoms with Gasteiger partial charge in [-0.25, -0.2) is 9.37 Å². The molecule has 0 fully saturated rings. The van der Waals surface area contributed by atoms with Crippen molar-refractivity contribution >= 4 is 34.0 Å². The number of halogens is 1. The van der Waals surface area contributed by atoms with E-state index in [1.807, 2.05) is 12.1 Å². The zero-order valence-corrected chi connectivity index (χ0v) is 16.0. The van der Waals surface area contributed by atoms with Crippen molar-refractivity contribution in [2.45, 2.75) is 26.2 Å². The van der Waals surface area contributed by atoms with Crippen LogP contribution in [0, 0.1) is 12.7 Å². The van der Waals surface area contributed by atoms with Crippen LogP contribution in [0.1, 0.15) is 43.3 Å². The highest BCUT2D eigenvalue weighted by Crippen LogP contribution is 2.27. The summed E-state index contributed by atoms with van der Waals surface area (Å²) in [5.41, 5.74) is 4.09. The summed E-state index contributed by atoms with van der Waals surface area (Å²) in [6.07, 6.45) is 3.27. The number of amides is 2. The SMILES string of the molecule is Cc1nc(NC(=O)c2cccc(F)c2)sc1C(=O)Nc1ccc2c(c1)CCC2. The molecule has 1 aliphatic carbocycles. The quantitative estimate of drug-likeness (QED) is 0.679. The zero-order chi connectivity index (χ0) is 19.7. The average Bonchev–Trinajstić information content (AvgIpc) is 3.27. The van der Waals surface area contributed by atoms with Gasteiger partial charge in [-0.2, -0.15) is 0 Å². The summed E-state index contributed by atoms with van der Waals surface area (Å²) < 4.78 is 13.3. The third-order valence-corrected chi connectivity index (χ3v) is 5.74. The number of thiazole rings is 1. The Balaban J connectivity index is 1.47. The number of anilines is 2. The maximum atomic E-state index is 13.3. The molecule has 2 amide bonds. The number of nitrogens with one attached hydrogen (secondary N) is 2. The van der Waals surface area contributed by atoms with E-state index in [9.17, 15) is 14.0 Å². The van der Waals surface area contributed by atoms with E-state index in [0.29, 0.717) is 15.7 Å². The van der Waals surface area contributed by atoms with E-state index in [-0.39, 0.29) is 11.5 Å². The van der Waals surface area contributed by atoms with Gasteiger partial charge in [0.05, 0.1) is 5.69 Å². The lowest BCUT2D eigenvalue weighted by atomic mass is 10.1. The molecular weight excluding hydrogens is 377 g/mol. The molecule has 5 nitrogen and oxygen atoms in total. The van der Waals surface area contributed by atoms with Crippen molar-refractivity contribution in [1.29, 1.82) is 0 Å². The van der Waals surface area contributed by atoms with E-state index < -0.39 is 11.7 Å². The van der Waals surface area contributed by atoms with Crippen LogP contribution >= 0.6 is 11.3 Å². The molecule has 2 aromatic carbocycles. The topological polar surface area (TPSA) is 71.1 Å². The summed E-state index contributed by atoms with van der Waals surface area (Å²) in [5, 5.41) is 5.82. The maximum absolute atomic E-state index is 13.3. The second-order valence-electron chi connectivity index (χ2n) is 6.69. The molecule has 0 unspecified atom stereocenters. The normalized spacial score (nSPS) is 12.5. The van der Waals surface area contributed by atoms with Crippen molar-refractivity contribution in [1.82, 2.24) is 4.98 Å². The molecule has 2 N–H and O–H groups in total. The van der Waals surface area contributed by atoms with Crippen LogP contribution in [0.25, 0.3) is 0 Å². The van der Waals surface area contributed by atoms with Crippen molar-refractivity contribution in [2.24, 2.45) is 0 Å². The fourth-order valence-electron chi connectivity index (χ4n) is 3.30. The molecule has 142 valence electrons. The molecule has 1 aliphatic rings. The zero-order valence-electron chi connectivity index (χ0n) is 15.2. The van der Waals surface area contributed by atoms with Crippen LogP contribution in [0.2, 0.25) is 0 Å². The third kappa shape index (κ3) is 3.80. The summed E-state index contributed by atoms with van der Waals surface area (Å²) >= 11 is 1.09. The van der Waals surface area contributed by atoms with Gasteiger partial charge in [-0.05, 0) is 67.6 Å². The minimum Gasteiger partial charge on any atom is -0.321 e. The van der Waals surface area contributed by atoms with E-state index in [0.717, 1.165) is 42.4 Å². The van der Waals surface area contributed by atoms with Crippen molar-refractivity contribution in [3.05, 3.63) is 75.5 Å². The van der Waals surface area contributed by atoms with Crippen molar-refractivity contribution in [3.63, 3.8) is 0 Å². The van der Waals surface area contributed by atoms with E-state index in [1.165, 1.54) is 29.3 Å². The van der Waals surface area contributed by atoms with Gasteiger partial charge in [0.15, 0.2) is 5.13 Å². The molecule has 0 aliphatic heterocycles. The fraction of sp³-hybridized carbons (Fsp3) is 0.190. The summed E-state index contributed by atoms with van der Waals surface area (Å²) in [5.74, 6) is -1.23. The van der Waals surface area contributed by atoms with Gasteiger partial charge in [0.2, 0.25) is 0 Å². The number of aromatic nitrogens is 1. The number of hydrogen-bond acceptors (Lipinski definition) is 4. The second-order valence-corrected chi connectivity index (χ2v) is 7.69. The predicted molar refractivity (Wildman–Crippen MR) is 108 cm³/mol. The first-order valence-corrected chi connectivity index (χ1v) is 9.79. The molecular formula is C21H18FN3O2S. The van der Waals surface area contributed by atoms with E-state index >= 15 is 0 Å². The second kappa shape index (κ2) is 7.52. The largest absolute Gasteiger partial charge is 0.321 e. The van der Waals surface area contributed by atoms with Crippen molar-refractivity contribution < 1.29 is 14.0 Å². The minimum absolute atomic E-state index is 0.192. The Morgan fingerprint density at radius 2 is 1.86 bits per heavy atom. The maximum Gasteiger partial charge on any atom is 0.267 e. The van der Waals surface area contributed by atoms with E-state index in [1.54, 1.807) is 6.92 Å². The highest BCUT2D eigenvalue weighted by atomic mass is 32.1. The molecule has 0 spiro atoms. The van der Waals surface area contributed by atoms with Crippen LogP contribution in [-0.2, 0) is 12.8 Å². The van der Waals surface area contributed by atoms with E-state index in [2.05, 4.69) is 21.7 Å². The molecule has 0 saturated heterocycles. The standard InChI is InChI=1S/C21H18FN3O2S/c1-12-18(20(27)24-17-9-8-13-4-2-5-14(13)11-17)28-21(23-12)25-19(26)15-6-3-7-16(22)10-15/h3,6-11H,2,4-5H2,1H3,(H,24,27)(H,23,25,26). The van der Waals surface area contributed by atoms with Gasteiger partial charge >= 0.3 is 0 Å². The van der Waals surface area contributed by atoms with Crippen LogP contribution in [0.15, 0.2) is 42.5 Å². The Labute approximate surface area is 165 Å². The smallest absolute Gasteiger partial charge is 0.267 e. The number of rotatable bonds is 4. The molecule has 7 heteroatoms. The average molecular weight is 395 g/mol. The number of hydrogen-bond donors (Lipinski definition) is 2. The Morgan fingerprint density at radius 1 is 1.04 bits per heavy atom. The lowest BCUT2D eigenvalue weighted by Crippen LogP contribution is -2.12. The molecule has 0 radical (unpaired) electrons. The van der Waals surface area contributed by atoms with Crippen LogP contribution < -0.4 is 10.6 Å². The summed E-state index contributed by atoms with van der Waals surface area (Å²) in [6.45, 7) is 1.71. The van der Waals surface area contributed by atoms with Gasteiger partial charge in [0.25, 0.3) is 11.8 Å². The Bertz CT molecular complexity index is 1080. The number of aryl methyl sites for hydroxylation is 3. The first-order valence-electron chi connectivity index (χ1n) is 8.97. The number of benzene rings is 2. The lowest BCUT2D eigenvalue weighted by Gasteiger charge is -2.06. The number of nitrogens with zero attached hydrogens (tertiary/aromatic N) is 1. The molecule has 0 saturated carbocycles. The molecule has 1 heterocycles. The van der Waals surface area contributed by atoms with Gasteiger partial charge in [-0.3, -0.25) is 14.9 Å². The summed E-state index contributed by atoms with van der Waals surface area (Å²) in [6, 6.07) is 11.4. The molecule has 4 rings (SSSR count). The fourth-order valence-corrected chi connectivity index (χ4v) is 4.15.